The fraction of sp³-hybridized carbons (Fsp3) is 0.889. The Morgan fingerprint density at radius 1 is 0.905 bits per heavy atom. The lowest BCUT2D eigenvalue weighted by molar-refractivity contribution is -0.0503. The Morgan fingerprint density at radius 2 is 1.76 bits per heavy atom. The van der Waals surface area contributed by atoms with Crippen LogP contribution in [0.5, 0.6) is 0 Å². The van der Waals surface area contributed by atoms with Gasteiger partial charge in [-0.15, -0.1) is 0 Å². The van der Waals surface area contributed by atoms with Gasteiger partial charge in [0.25, 0.3) is 0 Å². The van der Waals surface area contributed by atoms with Gasteiger partial charge in [-0.25, -0.2) is 0 Å². The molecule has 3 nitrogen and oxygen atoms in total. The van der Waals surface area contributed by atoms with Crippen molar-refractivity contribution in [2.24, 2.45) is 0 Å². The molecule has 118 valence electrons. The summed E-state index contributed by atoms with van der Waals surface area (Å²) in [4.78, 5) is 2.86. The van der Waals surface area contributed by atoms with Crippen molar-refractivity contribution in [3.05, 3.63) is 11.4 Å². The number of ether oxygens (including phenoxy) is 1. The third kappa shape index (κ3) is 2.69. The number of hydrogen-bond acceptors (Lipinski definition) is 3. The molecular formula is C18H30N2O. The van der Waals surface area contributed by atoms with Gasteiger partial charge in [-0.2, -0.15) is 0 Å². The summed E-state index contributed by atoms with van der Waals surface area (Å²) < 4.78 is 6.20. The maximum Gasteiger partial charge on any atom is 0.0778 e. The maximum atomic E-state index is 6.20. The molecule has 3 heteroatoms. The molecule has 2 unspecified atom stereocenters. The summed E-state index contributed by atoms with van der Waals surface area (Å²) in [6.45, 7) is 2.17. The van der Waals surface area contributed by atoms with Gasteiger partial charge in [0, 0.05) is 30.6 Å². The minimum atomic E-state index is 0.496. The molecule has 1 N–H and O–H groups in total. The first-order chi connectivity index (χ1) is 10.4. The molecule has 3 aliphatic heterocycles. The molecule has 0 aromatic carbocycles. The van der Waals surface area contributed by atoms with E-state index in [1.807, 2.05) is 0 Å². The van der Waals surface area contributed by atoms with Gasteiger partial charge >= 0.3 is 0 Å². The lowest BCUT2D eigenvalue weighted by atomic mass is 9.88. The lowest BCUT2D eigenvalue weighted by Crippen LogP contribution is -2.53. The summed E-state index contributed by atoms with van der Waals surface area (Å²) in [6, 6.07) is 1.46. The van der Waals surface area contributed by atoms with Gasteiger partial charge in [-0.1, -0.05) is 12.8 Å². The van der Waals surface area contributed by atoms with Crippen molar-refractivity contribution in [3.8, 4) is 0 Å². The second-order valence-electron chi connectivity index (χ2n) is 7.31. The van der Waals surface area contributed by atoms with Crippen molar-refractivity contribution in [3.63, 3.8) is 0 Å². The standard InChI is InChI=1S/C18H30N2O/c1-2-7-14(6-1)20-16-8-5-12-19-15(16)10-11-17(20)18-9-3-4-13-21-18/h14,17-19H,1-13H2. The van der Waals surface area contributed by atoms with E-state index in [0.717, 1.165) is 12.6 Å². The number of nitrogens with zero attached hydrogens (tertiary/aromatic N) is 1. The van der Waals surface area contributed by atoms with Crippen molar-refractivity contribution in [1.82, 2.24) is 10.2 Å². The first kappa shape index (κ1) is 13.9. The summed E-state index contributed by atoms with van der Waals surface area (Å²) in [7, 11) is 0. The molecule has 1 aliphatic carbocycles. The minimum absolute atomic E-state index is 0.496. The van der Waals surface area contributed by atoms with Gasteiger partial charge in [0.2, 0.25) is 0 Å². The van der Waals surface area contributed by atoms with Crippen molar-refractivity contribution >= 4 is 0 Å². The van der Waals surface area contributed by atoms with E-state index in [0.29, 0.717) is 12.1 Å². The average Bonchev–Trinajstić information content (AvgIpc) is 3.08. The molecule has 0 amide bonds. The largest absolute Gasteiger partial charge is 0.387 e. The molecule has 1 saturated carbocycles. The van der Waals surface area contributed by atoms with E-state index in [9.17, 15) is 0 Å². The van der Waals surface area contributed by atoms with E-state index in [4.69, 9.17) is 4.74 Å². The predicted octanol–water partition coefficient (Wildman–Crippen LogP) is 3.56. The highest BCUT2D eigenvalue weighted by Gasteiger charge is 2.39. The van der Waals surface area contributed by atoms with E-state index in [2.05, 4.69) is 10.2 Å². The van der Waals surface area contributed by atoms with Crippen LogP contribution in [0.2, 0.25) is 0 Å². The van der Waals surface area contributed by atoms with Crippen LogP contribution in [-0.2, 0) is 4.74 Å². The Balaban J connectivity index is 1.61. The average molecular weight is 290 g/mol. The number of hydrogen-bond donors (Lipinski definition) is 1. The zero-order chi connectivity index (χ0) is 14.1. The van der Waals surface area contributed by atoms with E-state index >= 15 is 0 Å². The molecule has 21 heavy (non-hydrogen) atoms. The van der Waals surface area contributed by atoms with Crippen LogP contribution in [0.1, 0.15) is 70.6 Å². The Labute approximate surface area is 129 Å². The van der Waals surface area contributed by atoms with Gasteiger partial charge in [0.15, 0.2) is 0 Å². The van der Waals surface area contributed by atoms with Crippen molar-refractivity contribution in [2.45, 2.75) is 88.8 Å². The lowest BCUT2D eigenvalue weighted by Gasteiger charge is -2.49. The smallest absolute Gasteiger partial charge is 0.0778 e. The van der Waals surface area contributed by atoms with Crippen LogP contribution in [-0.4, -0.2) is 36.2 Å². The highest BCUT2D eigenvalue weighted by Crippen LogP contribution is 2.40. The number of rotatable bonds is 2. The highest BCUT2D eigenvalue weighted by atomic mass is 16.5. The molecule has 2 fully saturated rings. The summed E-state index contributed by atoms with van der Waals surface area (Å²) in [6.07, 6.45) is 15.2. The summed E-state index contributed by atoms with van der Waals surface area (Å²) in [5.41, 5.74) is 3.23. The molecule has 0 aromatic heterocycles. The fourth-order valence-electron chi connectivity index (χ4n) is 5.00. The van der Waals surface area contributed by atoms with Gasteiger partial charge < -0.3 is 15.0 Å². The number of nitrogens with one attached hydrogen (secondary N) is 1. The molecule has 0 aromatic rings. The van der Waals surface area contributed by atoms with Crippen molar-refractivity contribution in [1.29, 1.82) is 0 Å². The molecule has 4 rings (SSSR count). The van der Waals surface area contributed by atoms with Crippen LogP contribution < -0.4 is 5.32 Å². The summed E-state index contributed by atoms with van der Waals surface area (Å²) >= 11 is 0. The van der Waals surface area contributed by atoms with E-state index in [-0.39, 0.29) is 0 Å². The van der Waals surface area contributed by atoms with Gasteiger partial charge in [-0.3, -0.25) is 0 Å². The first-order valence-corrected chi connectivity index (χ1v) is 9.29. The molecule has 0 radical (unpaired) electrons. The highest BCUT2D eigenvalue weighted by molar-refractivity contribution is 5.21. The molecular weight excluding hydrogens is 260 g/mol. The van der Waals surface area contributed by atoms with Crippen LogP contribution >= 0.6 is 0 Å². The number of allylic oxidation sites excluding steroid dienone is 2. The third-order valence-corrected chi connectivity index (χ3v) is 6.00. The Bertz CT molecular complexity index is 394. The Hall–Kier alpha value is -0.700. The molecule has 4 aliphatic rings. The Morgan fingerprint density at radius 3 is 2.57 bits per heavy atom. The monoisotopic (exact) mass is 290 g/mol. The summed E-state index contributed by atoms with van der Waals surface area (Å²) in [5.74, 6) is 0. The zero-order valence-corrected chi connectivity index (χ0v) is 13.3. The topological polar surface area (TPSA) is 24.5 Å². The SMILES string of the molecule is C1CCC(C2CCC3=C(CCCN3)N2C2CCCC2)OC1. The quantitative estimate of drug-likeness (QED) is 0.841. The summed E-state index contributed by atoms with van der Waals surface area (Å²) in [5, 5.41) is 3.70. The van der Waals surface area contributed by atoms with Crippen molar-refractivity contribution < 1.29 is 4.74 Å². The predicted molar refractivity (Wildman–Crippen MR) is 85.0 cm³/mol. The van der Waals surface area contributed by atoms with Crippen LogP contribution in [0.3, 0.4) is 0 Å². The fourth-order valence-corrected chi connectivity index (χ4v) is 5.00. The molecule has 0 bridgehead atoms. The molecule has 3 heterocycles. The van der Waals surface area contributed by atoms with Crippen LogP contribution in [0.25, 0.3) is 0 Å². The van der Waals surface area contributed by atoms with Crippen LogP contribution in [0, 0.1) is 0 Å². The minimum Gasteiger partial charge on any atom is -0.387 e. The van der Waals surface area contributed by atoms with Gasteiger partial charge in [0.1, 0.15) is 0 Å². The first-order valence-electron chi connectivity index (χ1n) is 9.29. The van der Waals surface area contributed by atoms with E-state index in [1.54, 1.807) is 11.4 Å². The normalized spacial score (nSPS) is 34.8. The van der Waals surface area contributed by atoms with Gasteiger partial charge in [0.05, 0.1) is 12.1 Å². The molecule has 1 saturated heterocycles. The van der Waals surface area contributed by atoms with E-state index < -0.39 is 0 Å². The second-order valence-corrected chi connectivity index (χ2v) is 7.31. The Kier molecular flexibility index (Phi) is 4.11. The third-order valence-electron chi connectivity index (χ3n) is 6.00. The second kappa shape index (κ2) is 6.20. The van der Waals surface area contributed by atoms with Crippen LogP contribution in [0.15, 0.2) is 11.4 Å². The van der Waals surface area contributed by atoms with Crippen molar-refractivity contribution in [2.75, 3.05) is 13.2 Å². The maximum absolute atomic E-state index is 6.20. The molecule has 0 spiro atoms. The van der Waals surface area contributed by atoms with Gasteiger partial charge in [-0.05, 0) is 57.8 Å². The zero-order valence-electron chi connectivity index (χ0n) is 13.3. The van der Waals surface area contributed by atoms with E-state index in [1.165, 1.54) is 77.2 Å². The molecule has 2 atom stereocenters. The van der Waals surface area contributed by atoms with Crippen LogP contribution in [0.4, 0.5) is 0 Å².